The van der Waals surface area contributed by atoms with E-state index in [1.165, 1.54) is 11.1 Å². The summed E-state index contributed by atoms with van der Waals surface area (Å²) in [4.78, 5) is 4.22. The van der Waals surface area contributed by atoms with Crippen LogP contribution in [0.3, 0.4) is 0 Å². The van der Waals surface area contributed by atoms with Crippen LogP contribution in [-0.2, 0) is 13.0 Å². The Morgan fingerprint density at radius 1 is 1.06 bits per heavy atom. The summed E-state index contributed by atoms with van der Waals surface area (Å²) in [6, 6.07) is 12.2. The minimum atomic E-state index is 0.591. The molecule has 0 unspecified atom stereocenters. The maximum atomic E-state index is 5.75. The first-order chi connectivity index (χ1) is 8.74. The first-order valence-electron chi connectivity index (χ1n) is 6.34. The molecule has 0 saturated carbocycles. The summed E-state index contributed by atoms with van der Waals surface area (Å²) in [5.41, 5.74) is 2.40. The molecule has 0 atom stereocenters. The van der Waals surface area contributed by atoms with E-state index in [-0.39, 0.29) is 0 Å². The molecule has 18 heavy (non-hydrogen) atoms. The molecule has 0 fully saturated rings. The van der Waals surface area contributed by atoms with E-state index in [4.69, 9.17) is 4.74 Å². The zero-order valence-electron chi connectivity index (χ0n) is 11.0. The molecular formula is C16H19NO. The fourth-order valence-corrected chi connectivity index (χ4v) is 1.87. The van der Waals surface area contributed by atoms with Crippen LogP contribution in [0.4, 0.5) is 0 Å². The molecule has 0 radical (unpaired) electrons. The summed E-state index contributed by atoms with van der Waals surface area (Å²) in [7, 11) is 0. The molecule has 0 aliphatic rings. The number of aromatic nitrogens is 1. The Labute approximate surface area is 109 Å². The highest BCUT2D eigenvalue weighted by molar-refractivity contribution is 5.24. The van der Waals surface area contributed by atoms with Crippen LogP contribution in [0.15, 0.2) is 48.8 Å². The van der Waals surface area contributed by atoms with Crippen LogP contribution in [0.2, 0.25) is 0 Å². The lowest BCUT2D eigenvalue weighted by molar-refractivity contribution is 0.304. The molecule has 0 spiro atoms. The number of rotatable bonds is 5. The fourth-order valence-electron chi connectivity index (χ4n) is 1.87. The average molecular weight is 241 g/mol. The Bertz CT molecular complexity index is 479. The van der Waals surface area contributed by atoms with Gasteiger partial charge in [-0.1, -0.05) is 44.2 Å². The number of nitrogens with zero attached hydrogens (tertiary/aromatic N) is 1. The second-order valence-electron chi connectivity index (χ2n) is 4.90. The first-order valence-corrected chi connectivity index (χ1v) is 6.34. The molecule has 2 heteroatoms. The molecule has 94 valence electrons. The third-order valence-corrected chi connectivity index (χ3v) is 2.66. The number of benzene rings is 1. The minimum absolute atomic E-state index is 0.591. The summed E-state index contributed by atoms with van der Waals surface area (Å²) in [5, 5.41) is 0. The third-order valence-electron chi connectivity index (χ3n) is 2.66. The molecule has 1 aromatic carbocycles. The van der Waals surface area contributed by atoms with Crippen molar-refractivity contribution in [3.05, 3.63) is 59.9 Å². The van der Waals surface area contributed by atoms with Gasteiger partial charge in [-0.25, -0.2) is 0 Å². The molecule has 1 heterocycles. The van der Waals surface area contributed by atoms with Crippen LogP contribution < -0.4 is 4.74 Å². The summed E-state index contributed by atoms with van der Waals surface area (Å²) < 4.78 is 5.75. The van der Waals surface area contributed by atoms with E-state index < -0.39 is 0 Å². The van der Waals surface area contributed by atoms with Crippen molar-refractivity contribution in [3.63, 3.8) is 0 Å². The molecule has 0 aliphatic heterocycles. The Morgan fingerprint density at radius 3 is 2.56 bits per heavy atom. The van der Waals surface area contributed by atoms with Crippen LogP contribution in [0.25, 0.3) is 0 Å². The van der Waals surface area contributed by atoms with E-state index in [1.807, 2.05) is 24.4 Å². The van der Waals surface area contributed by atoms with Crippen LogP contribution in [0, 0.1) is 5.92 Å². The monoisotopic (exact) mass is 241 g/mol. The lowest BCUT2D eigenvalue weighted by Crippen LogP contribution is -1.98. The molecule has 2 rings (SSSR count). The lowest BCUT2D eigenvalue weighted by Gasteiger charge is -2.08. The predicted molar refractivity (Wildman–Crippen MR) is 73.6 cm³/mol. The summed E-state index contributed by atoms with van der Waals surface area (Å²) >= 11 is 0. The van der Waals surface area contributed by atoms with Crippen molar-refractivity contribution in [1.82, 2.24) is 4.98 Å². The van der Waals surface area contributed by atoms with E-state index in [1.54, 1.807) is 6.20 Å². The van der Waals surface area contributed by atoms with Crippen molar-refractivity contribution in [3.8, 4) is 5.75 Å². The number of ether oxygens (including phenoxy) is 1. The van der Waals surface area contributed by atoms with E-state index in [9.17, 15) is 0 Å². The van der Waals surface area contributed by atoms with Gasteiger partial charge in [-0.15, -0.1) is 0 Å². The normalized spacial score (nSPS) is 10.6. The van der Waals surface area contributed by atoms with Gasteiger partial charge in [-0.2, -0.15) is 0 Å². The second-order valence-corrected chi connectivity index (χ2v) is 4.90. The van der Waals surface area contributed by atoms with Crippen LogP contribution >= 0.6 is 0 Å². The quantitative estimate of drug-likeness (QED) is 0.793. The van der Waals surface area contributed by atoms with Gasteiger partial charge in [0.15, 0.2) is 0 Å². The van der Waals surface area contributed by atoms with Crippen molar-refractivity contribution >= 4 is 0 Å². The van der Waals surface area contributed by atoms with E-state index in [0.29, 0.717) is 12.5 Å². The fraction of sp³-hybridized carbons (Fsp3) is 0.312. The highest BCUT2D eigenvalue weighted by atomic mass is 16.5. The Hall–Kier alpha value is -1.83. The Kier molecular flexibility index (Phi) is 4.35. The van der Waals surface area contributed by atoms with Crippen molar-refractivity contribution in [2.45, 2.75) is 26.9 Å². The van der Waals surface area contributed by atoms with E-state index in [2.05, 4.69) is 37.0 Å². The van der Waals surface area contributed by atoms with Crippen LogP contribution in [0.1, 0.15) is 25.0 Å². The standard InChI is InChI=1S/C16H19NO/c1-13(2)8-15-9-16(11-17-10-15)18-12-14-6-4-3-5-7-14/h3-7,9-11,13H,8,12H2,1-2H3. The zero-order valence-corrected chi connectivity index (χ0v) is 11.0. The molecule has 1 aromatic heterocycles. The molecule has 0 bridgehead atoms. The van der Waals surface area contributed by atoms with Gasteiger partial charge in [0.2, 0.25) is 0 Å². The summed E-state index contributed by atoms with van der Waals surface area (Å²) in [6.45, 7) is 5.00. The number of hydrogen-bond acceptors (Lipinski definition) is 2. The van der Waals surface area contributed by atoms with Crippen LogP contribution in [0.5, 0.6) is 5.75 Å². The summed E-state index contributed by atoms with van der Waals surface area (Å²) in [5.74, 6) is 1.48. The largest absolute Gasteiger partial charge is 0.487 e. The minimum Gasteiger partial charge on any atom is -0.487 e. The van der Waals surface area contributed by atoms with E-state index >= 15 is 0 Å². The van der Waals surface area contributed by atoms with Crippen molar-refractivity contribution < 1.29 is 4.74 Å². The predicted octanol–water partition coefficient (Wildman–Crippen LogP) is 3.86. The molecule has 0 N–H and O–H groups in total. The van der Waals surface area contributed by atoms with Gasteiger partial charge in [0.1, 0.15) is 12.4 Å². The molecule has 0 aliphatic carbocycles. The van der Waals surface area contributed by atoms with E-state index in [0.717, 1.165) is 12.2 Å². The van der Waals surface area contributed by atoms with Gasteiger partial charge in [0.05, 0.1) is 6.20 Å². The lowest BCUT2D eigenvalue weighted by atomic mass is 10.1. The van der Waals surface area contributed by atoms with Crippen LogP contribution in [-0.4, -0.2) is 4.98 Å². The van der Waals surface area contributed by atoms with Gasteiger partial charge < -0.3 is 4.74 Å². The van der Waals surface area contributed by atoms with Gasteiger partial charge >= 0.3 is 0 Å². The Balaban J connectivity index is 1.97. The highest BCUT2D eigenvalue weighted by Gasteiger charge is 2.01. The van der Waals surface area contributed by atoms with Gasteiger partial charge in [0, 0.05) is 6.20 Å². The summed E-state index contributed by atoms with van der Waals surface area (Å²) in [6.07, 6.45) is 4.72. The molecule has 0 amide bonds. The SMILES string of the molecule is CC(C)Cc1cncc(OCc2ccccc2)c1. The number of pyridine rings is 1. The highest BCUT2D eigenvalue weighted by Crippen LogP contribution is 2.15. The van der Waals surface area contributed by atoms with Crippen molar-refractivity contribution in [1.29, 1.82) is 0 Å². The smallest absolute Gasteiger partial charge is 0.138 e. The van der Waals surface area contributed by atoms with Gasteiger partial charge in [0.25, 0.3) is 0 Å². The maximum absolute atomic E-state index is 5.75. The molecular weight excluding hydrogens is 222 g/mol. The Morgan fingerprint density at radius 2 is 1.83 bits per heavy atom. The van der Waals surface area contributed by atoms with Crippen molar-refractivity contribution in [2.75, 3.05) is 0 Å². The van der Waals surface area contributed by atoms with Crippen molar-refractivity contribution in [2.24, 2.45) is 5.92 Å². The number of hydrogen-bond donors (Lipinski definition) is 0. The maximum Gasteiger partial charge on any atom is 0.138 e. The second kappa shape index (κ2) is 6.20. The molecule has 2 nitrogen and oxygen atoms in total. The molecule has 2 aromatic rings. The third kappa shape index (κ3) is 3.88. The zero-order chi connectivity index (χ0) is 12.8. The van der Waals surface area contributed by atoms with Gasteiger partial charge in [-0.3, -0.25) is 4.98 Å². The average Bonchev–Trinajstić information content (AvgIpc) is 2.37. The molecule has 0 saturated heterocycles. The van der Waals surface area contributed by atoms with Gasteiger partial charge in [-0.05, 0) is 29.5 Å². The topological polar surface area (TPSA) is 22.1 Å². The first kappa shape index (κ1) is 12.6.